The maximum absolute atomic E-state index is 12.1. The van der Waals surface area contributed by atoms with Gasteiger partial charge in [-0.2, -0.15) is 0 Å². The van der Waals surface area contributed by atoms with Gasteiger partial charge in [0.2, 0.25) is 5.91 Å². The van der Waals surface area contributed by atoms with Crippen LogP contribution in [0.5, 0.6) is 0 Å². The molecule has 1 aromatic carbocycles. The van der Waals surface area contributed by atoms with Gasteiger partial charge in [-0.05, 0) is 44.0 Å². The van der Waals surface area contributed by atoms with Crippen molar-refractivity contribution in [2.24, 2.45) is 5.92 Å². The molecule has 1 unspecified atom stereocenters. The van der Waals surface area contributed by atoms with E-state index in [9.17, 15) is 4.79 Å². The van der Waals surface area contributed by atoms with E-state index in [0.29, 0.717) is 5.02 Å². The fourth-order valence-corrected chi connectivity index (χ4v) is 4.28. The van der Waals surface area contributed by atoms with Gasteiger partial charge in [0.05, 0.1) is 12.6 Å². The van der Waals surface area contributed by atoms with Gasteiger partial charge in [0, 0.05) is 42.6 Å². The minimum absolute atomic E-state index is 0.133. The van der Waals surface area contributed by atoms with Crippen LogP contribution in [0.25, 0.3) is 11.3 Å². The van der Waals surface area contributed by atoms with Crippen LogP contribution in [0.4, 0.5) is 0 Å². The van der Waals surface area contributed by atoms with Crippen molar-refractivity contribution in [1.82, 2.24) is 25.0 Å². The largest absolute Gasteiger partial charge is 0.460 e. The second kappa shape index (κ2) is 8.48. The van der Waals surface area contributed by atoms with Gasteiger partial charge in [-0.25, -0.2) is 0 Å². The number of aromatic nitrogens is 3. The molecule has 1 aliphatic carbocycles. The Bertz CT molecular complexity index is 1090. The third-order valence-corrected chi connectivity index (χ3v) is 6.23. The topological polar surface area (TPSA) is 76.2 Å². The number of nitrogens with one attached hydrogen (secondary N) is 1. The molecule has 3 heterocycles. The summed E-state index contributed by atoms with van der Waals surface area (Å²) in [7, 11) is 0. The van der Waals surface area contributed by atoms with E-state index >= 15 is 0 Å². The minimum atomic E-state index is -0.133. The van der Waals surface area contributed by atoms with Gasteiger partial charge in [0.15, 0.2) is 5.82 Å². The molecule has 2 aliphatic rings. The highest BCUT2D eigenvalue weighted by Gasteiger charge is 2.31. The average Bonchev–Trinajstić information content (AvgIpc) is 3.43. The highest BCUT2D eigenvalue weighted by Crippen LogP contribution is 2.30. The Morgan fingerprint density at radius 1 is 1.23 bits per heavy atom. The number of halogens is 1. The summed E-state index contributed by atoms with van der Waals surface area (Å²) in [6, 6.07) is 11.6. The van der Waals surface area contributed by atoms with Crippen LogP contribution in [0, 0.1) is 5.92 Å². The van der Waals surface area contributed by atoms with Gasteiger partial charge in [0.25, 0.3) is 0 Å². The van der Waals surface area contributed by atoms with Gasteiger partial charge < -0.3 is 14.3 Å². The lowest BCUT2D eigenvalue weighted by atomic mass is 10.2. The predicted molar refractivity (Wildman–Crippen MR) is 117 cm³/mol. The van der Waals surface area contributed by atoms with Crippen molar-refractivity contribution in [2.75, 3.05) is 13.1 Å². The maximum atomic E-state index is 12.1. The summed E-state index contributed by atoms with van der Waals surface area (Å²) in [5.74, 6) is 3.89. The van der Waals surface area contributed by atoms with Gasteiger partial charge in [-0.3, -0.25) is 9.69 Å². The molecule has 0 bridgehead atoms. The monoisotopic (exact) mass is 439 g/mol. The number of hydrogen-bond acceptors (Lipinski definition) is 5. The second-order valence-corrected chi connectivity index (χ2v) is 8.87. The predicted octanol–water partition coefficient (Wildman–Crippen LogP) is 3.84. The highest BCUT2D eigenvalue weighted by molar-refractivity contribution is 6.30. The standard InChI is InChI=1S/C23H26ClN5O2/c1-15(25-23(30)16-5-6-16)22-27-26-21-9-10-28(11-12-29(21)22)14-19-7-8-20(31-19)17-3-2-4-18(24)13-17/h2-4,7-8,13,15-16H,5-6,9-12,14H2,1H3,(H,25,30). The third kappa shape index (κ3) is 4.52. The molecular weight excluding hydrogens is 414 g/mol. The van der Waals surface area contributed by atoms with E-state index in [1.165, 1.54) is 0 Å². The Morgan fingerprint density at radius 2 is 2.10 bits per heavy atom. The van der Waals surface area contributed by atoms with E-state index in [-0.39, 0.29) is 17.9 Å². The molecule has 8 heteroatoms. The molecule has 1 atom stereocenters. The lowest BCUT2D eigenvalue weighted by Gasteiger charge is -2.19. The van der Waals surface area contributed by atoms with Crippen molar-refractivity contribution in [3.8, 4) is 11.3 Å². The molecular formula is C23H26ClN5O2. The molecule has 31 heavy (non-hydrogen) atoms. The van der Waals surface area contributed by atoms with Crippen LogP contribution in [-0.2, 0) is 24.3 Å². The quantitative estimate of drug-likeness (QED) is 0.631. The van der Waals surface area contributed by atoms with Crippen molar-refractivity contribution in [1.29, 1.82) is 0 Å². The Balaban J connectivity index is 1.23. The minimum Gasteiger partial charge on any atom is -0.460 e. The summed E-state index contributed by atoms with van der Waals surface area (Å²) in [5.41, 5.74) is 0.979. The normalized spacial score (nSPS) is 17.7. The molecule has 0 saturated heterocycles. The summed E-state index contributed by atoms with van der Waals surface area (Å²) < 4.78 is 8.24. The summed E-state index contributed by atoms with van der Waals surface area (Å²) >= 11 is 6.10. The number of hydrogen-bond donors (Lipinski definition) is 1. The summed E-state index contributed by atoms with van der Waals surface area (Å²) in [6.07, 6.45) is 2.81. The van der Waals surface area contributed by atoms with E-state index in [0.717, 1.165) is 74.2 Å². The first-order valence-electron chi connectivity index (χ1n) is 10.9. The van der Waals surface area contributed by atoms with Crippen LogP contribution >= 0.6 is 11.6 Å². The zero-order valence-corrected chi connectivity index (χ0v) is 18.3. The SMILES string of the molecule is CC(NC(=O)C1CC1)c1nnc2n1CCN(Cc1ccc(-c3cccc(Cl)c3)o1)CC2. The number of carbonyl (C=O) groups is 1. The summed E-state index contributed by atoms with van der Waals surface area (Å²) in [6.45, 7) is 5.27. The average molecular weight is 440 g/mol. The Kier molecular flexibility index (Phi) is 5.54. The van der Waals surface area contributed by atoms with Crippen LogP contribution in [0.15, 0.2) is 40.8 Å². The molecule has 1 saturated carbocycles. The van der Waals surface area contributed by atoms with Crippen LogP contribution in [0.2, 0.25) is 5.02 Å². The van der Waals surface area contributed by atoms with Crippen molar-refractivity contribution in [2.45, 2.75) is 45.3 Å². The third-order valence-electron chi connectivity index (χ3n) is 5.99. The van der Waals surface area contributed by atoms with Gasteiger partial charge in [-0.1, -0.05) is 23.7 Å². The molecule has 1 fully saturated rings. The lowest BCUT2D eigenvalue weighted by Crippen LogP contribution is -2.31. The van der Waals surface area contributed by atoms with Crippen molar-refractivity contribution >= 4 is 17.5 Å². The number of rotatable bonds is 6. The number of benzene rings is 1. The second-order valence-electron chi connectivity index (χ2n) is 8.43. The lowest BCUT2D eigenvalue weighted by molar-refractivity contribution is -0.123. The molecule has 0 spiro atoms. The number of amides is 1. The zero-order chi connectivity index (χ0) is 21.4. The van der Waals surface area contributed by atoms with Crippen LogP contribution in [0.1, 0.15) is 43.2 Å². The molecule has 1 aliphatic heterocycles. The Hall–Kier alpha value is -2.64. The van der Waals surface area contributed by atoms with E-state index in [4.69, 9.17) is 16.0 Å². The zero-order valence-electron chi connectivity index (χ0n) is 17.6. The Morgan fingerprint density at radius 3 is 2.90 bits per heavy atom. The maximum Gasteiger partial charge on any atom is 0.223 e. The highest BCUT2D eigenvalue weighted by atomic mass is 35.5. The molecule has 7 nitrogen and oxygen atoms in total. The van der Waals surface area contributed by atoms with Gasteiger partial charge in [-0.15, -0.1) is 10.2 Å². The molecule has 1 N–H and O–H groups in total. The summed E-state index contributed by atoms with van der Waals surface area (Å²) in [4.78, 5) is 14.5. The number of fused-ring (bicyclic) bond motifs is 1. The van der Waals surface area contributed by atoms with Gasteiger partial charge in [0.1, 0.15) is 17.3 Å². The van der Waals surface area contributed by atoms with Crippen LogP contribution < -0.4 is 5.32 Å². The van der Waals surface area contributed by atoms with Crippen LogP contribution in [-0.4, -0.2) is 38.7 Å². The number of furan rings is 1. The molecule has 0 radical (unpaired) electrons. The van der Waals surface area contributed by atoms with E-state index in [1.54, 1.807) is 0 Å². The molecule has 5 rings (SSSR count). The van der Waals surface area contributed by atoms with Crippen molar-refractivity contribution in [3.63, 3.8) is 0 Å². The molecule has 2 aromatic heterocycles. The fraction of sp³-hybridized carbons (Fsp3) is 0.435. The van der Waals surface area contributed by atoms with Crippen LogP contribution in [0.3, 0.4) is 0 Å². The first kappa shape index (κ1) is 20.3. The smallest absolute Gasteiger partial charge is 0.223 e. The molecule has 162 valence electrons. The van der Waals surface area contributed by atoms with Gasteiger partial charge >= 0.3 is 0 Å². The Labute approximate surface area is 186 Å². The fourth-order valence-electron chi connectivity index (χ4n) is 4.09. The van der Waals surface area contributed by atoms with E-state index < -0.39 is 0 Å². The molecule has 1 amide bonds. The first-order chi connectivity index (χ1) is 15.1. The number of carbonyl (C=O) groups excluding carboxylic acids is 1. The molecule has 3 aromatic rings. The van der Waals surface area contributed by atoms with Crippen molar-refractivity contribution < 1.29 is 9.21 Å². The number of nitrogens with zero attached hydrogens (tertiary/aromatic N) is 4. The van der Waals surface area contributed by atoms with Crippen molar-refractivity contribution in [3.05, 3.63) is 58.8 Å². The summed E-state index contributed by atoms with van der Waals surface area (Å²) in [5, 5.41) is 12.6. The van der Waals surface area contributed by atoms with E-state index in [2.05, 4.69) is 25.0 Å². The van der Waals surface area contributed by atoms with E-state index in [1.807, 2.05) is 43.3 Å². The first-order valence-corrected chi connectivity index (χ1v) is 11.2.